The van der Waals surface area contributed by atoms with Crippen LogP contribution in [0.1, 0.15) is 22.5 Å². The van der Waals surface area contributed by atoms with Crippen LogP contribution in [0.15, 0.2) is 41.8 Å². The lowest BCUT2D eigenvalue weighted by Crippen LogP contribution is -2.32. The molecule has 1 amide bonds. The Hall–Kier alpha value is -2.51. The van der Waals surface area contributed by atoms with Crippen molar-refractivity contribution in [3.63, 3.8) is 0 Å². The summed E-state index contributed by atoms with van der Waals surface area (Å²) < 4.78 is 1.29. The predicted molar refractivity (Wildman–Crippen MR) is 99.7 cm³/mol. The van der Waals surface area contributed by atoms with E-state index >= 15 is 0 Å². The number of nitrogens with zero attached hydrogens (tertiary/aromatic N) is 3. The molecule has 1 aromatic carbocycles. The van der Waals surface area contributed by atoms with Gasteiger partial charge in [-0.3, -0.25) is 4.79 Å². The van der Waals surface area contributed by atoms with Crippen molar-refractivity contribution >= 4 is 33.1 Å². The van der Waals surface area contributed by atoms with E-state index in [0.717, 1.165) is 6.42 Å². The molecule has 7 heteroatoms. The minimum Gasteiger partial charge on any atom is -0.365 e. The van der Waals surface area contributed by atoms with E-state index < -0.39 is 0 Å². The van der Waals surface area contributed by atoms with Crippen molar-refractivity contribution in [3.05, 3.63) is 53.0 Å². The number of thiophene rings is 1. The van der Waals surface area contributed by atoms with Crippen LogP contribution in [0.4, 0.5) is 5.82 Å². The molecule has 25 heavy (non-hydrogen) atoms. The number of aromatic nitrogens is 2. The highest BCUT2D eigenvalue weighted by Crippen LogP contribution is 2.22. The number of hydrogen-bond donors (Lipinski definition) is 2. The number of fused-ring (bicyclic) bond motifs is 1. The van der Waals surface area contributed by atoms with Crippen LogP contribution in [-0.2, 0) is 6.54 Å². The monoisotopic (exact) mass is 353 g/mol. The Morgan fingerprint density at radius 2 is 2.20 bits per heavy atom. The average Bonchev–Trinajstić information content (AvgIpc) is 3.28. The lowest BCUT2D eigenvalue weighted by molar-refractivity contribution is 0.0784. The van der Waals surface area contributed by atoms with Gasteiger partial charge in [-0.25, -0.2) is 0 Å². The van der Waals surface area contributed by atoms with Crippen LogP contribution in [0.3, 0.4) is 0 Å². The third-order valence-corrected chi connectivity index (χ3v) is 5.28. The predicted octanol–water partition coefficient (Wildman–Crippen LogP) is 2.48. The molecule has 1 aliphatic heterocycles. The maximum atomic E-state index is 12.3. The maximum absolute atomic E-state index is 12.3. The highest BCUT2D eigenvalue weighted by Gasteiger charge is 2.25. The summed E-state index contributed by atoms with van der Waals surface area (Å²) >= 11 is 1.74. The fourth-order valence-electron chi connectivity index (χ4n) is 2.99. The first-order valence-corrected chi connectivity index (χ1v) is 9.15. The van der Waals surface area contributed by atoms with E-state index in [9.17, 15) is 4.79 Å². The molecule has 3 aromatic rings. The summed E-state index contributed by atoms with van der Waals surface area (Å²) in [5.41, 5.74) is 7.39. The summed E-state index contributed by atoms with van der Waals surface area (Å²) in [6, 6.07) is 12.1. The van der Waals surface area contributed by atoms with Gasteiger partial charge < -0.3 is 16.0 Å². The maximum Gasteiger partial charge on any atom is 0.274 e. The summed E-state index contributed by atoms with van der Waals surface area (Å²) in [5, 5.41) is 14.8. The average molecular weight is 353 g/mol. The molecule has 0 spiro atoms. The van der Waals surface area contributed by atoms with Crippen LogP contribution in [0.2, 0.25) is 0 Å². The van der Waals surface area contributed by atoms with Crippen LogP contribution >= 0.6 is 11.3 Å². The second kappa shape index (κ2) is 6.78. The summed E-state index contributed by atoms with van der Waals surface area (Å²) in [7, 11) is 0. The molecule has 0 radical (unpaired) electrons. The number of anilines is 1. The molecule has 6 nitrogen and oxygen atoms in total. The smallest absolute Gasteiger partial charge is 0.274 e. The Balaban J connectivity index is 1.39. The zero-order valence-electron chi connectivity index (χ0n) is 13.7. The van der Waals surface area contributed by atoms with Crippen LogP contribution in [0.5, 0.6) is 0 Å². The number of carbonyl (C=O) groups is 1. The summed E-state index contributed by atoms with van der Waals surface area (Å²) in [5.74, 6) is 0.551. The summed E-state index contributed by atoms with van der Waals surface area (Å²) in [6.07, 6.45) is 0.841. The molecule has 0 saturated carbocycles. The Kier molecular flexibility index (Phi) is 4.33. The van der Waals surface area contributed by atoms with Crippen molar-refractivity contribution in [3.8, 4) is 0 Å². The zero-order chi connectivity index (χ0) is 17.2. The lowest BCUT2D eigenvalue weighted by atomic mass is 10.2. The molecule has 4 rings (SSSR count). The molecule has 3 N–H and O–H groups in total. The number of likely N-dealkylation sites (tertiary alicyclic amines) is 1. The van der Waals surface area contributed by atoms with Gasteiger partial charge in [-0.15, -0.1) is 21.5 Å². The van der Waals surface area contributed by atoms with E-state index in [1.54, 1.807) is 28.4 Å². The van der Waals surface area contributed by atoms with Gasteiger partial charge in [0, 0.05) is 30.4 Å². The van der Waals surface area contributed by atoms with Gasteiger partial charge in [0.25, 0.3) is 5.91 Å². The number of benzene rings is 1. The fourth-order valence-corrected chi connectivity index (χ4v) is 3.76. The molecule has 1 fully saturated rings. The molecule has 0 aliphatic carbocycles. The Morgan fingerprint density at radius 3 is 2.96 bits per heavy atom. The molecule has 1 saturated heterocycles. The van der Waals surface area contributed by atoms with Gasteiger partial charge in [-0.05, 0) is 53.1 Å². The molecule has 1 atom stereocenters. The van der Waals surface area contributed by atoms with Gasteiger partial charge in [-0.1, -0.05) is 6.07 Å². The number of amides is 1. The van der Waals surface area contributed by atoms with Crippen molar-refractivity contribution in [1.82, 2.24) is 15.1 Å². The van der Waals surface area contributed by atoms with E-state index in [1.807, 2.05) is 0 Å². The minimum absolute atomic E-state index is 0.0680. The van der Waals surface area contributed by atoms with Crippen LogP contribution in [-0.4, -0.2) is 40.1 Å². The second-order valence-electron chi connectivity index (χ2n) is 6.25. The number of nitrogens with one attached hydrogen (secondary N) is 1. The van der Waals surface area contributed by atoms with Crippen LogP contribution < -0.4 is 11.1 Å². The number of rotatable bonds is 4. The first kappa shape index (κ1) is 16.0. The minimum atomic E-state index is -0.102. The first-order valence-electron chi connectivity index (χ1n) is 8.27. The van der Waals surface area contributed by atoms with Gasteiger partial charge >= 0.3 is 0 Å². The van der Waals surface area contributed by atoms with Crippen molar-refractivity contribution < 1.29 is 4.79 Å². The van der Waals surface area contributed by atoms with Gasteiger partial charge in [0.15, 0.2) is 5.69 Å². The SMILES string of the molecule is NC1CCN(C(=O)c2ccc(NCc3ccc4sccc4c3)nn2)C1. The molecular weight excluding hydrogens is 334 g/mol. The first-order chi connectivity index (χ1) is 12.2. The van der Waals surface area contributed by atoms with Gasteiger partial charge in [0.1, 0.15) is 5.82 Å². The van der Waals surface area contributed by atoms with Crippen molar-refractivity contribution in [2.24, 2.45) is 5.73 Å². The Bertz CT molecular complexity index is 892. The molecule has 0 bridgehead atoms. The molecule has 128 valence electrons. The Morgan fingerprint density at radius 1 is 1.28 bits per heavy atom. The zero-order valence-corrected chi connectivity index (χ0v) is 14.5. The number of hydrogen-bond acceptors (Lipinski definition) is 6. The lowest BCUT2D eigenvalue weighted by Gasteiger charge is -2.14. The van der Waals surface area contributed by atoms with Crippen LogP contribution in [0.25, 0.3) is 10.1 Å². The second-order valence-corrected chi connectivity index (χ2v) is 7.20. The molecule has 3 heterocycles. The van der Waals surface area contributed by atoms with E-state index in [2.05, 4.69) is 45.2 Å². The van der Waals surface area contributed by atoms with Crippen molar-refractivity contribution in [1.29, 1.82) is 0 Å². The largest absolute Gasteiger partial charge is 0.365 e. The highest BCUT2D eigenvalue weighted by atomic mass is 32.1. The Labute approximate surface area is 149 Å². The van der Waals surface area contributed by atoms with E-state index in [1.165, 1.54) is 15.6 Å². The van der Waals surface area contributed by atoms with Gasteiger partial charge in [-0.2, -0.15) is 0 Å². The van der Waals surface area contributed by atoms with Gasteiger partial charge in [0.2, 0.25) is 0 Å². The van der Waals surface area contributed by atoms with E-state index in [0.29, 0.717) is 31.1 Å². The fraction of sp³-hybridized carbons (Fsp3) is 0.278. The third kappa shape index (κ3) is 3.47. The van der Waals surface area contributed by atoms with Crippen molar-refractivity contribution in [2.75, 3.05) is 18.4 Å². The molecular formula is C18H19N5OS. The topological polar surface area (TPSA) is 84.1 Å². The van der Waals surface area contributed by atoms with Crippen molar-refractivity contribution in [2.45, 2.75) is 19.0 Å². The summed E-state index contributed by atoms with van der Waals surface area (Å²) in [6.45, 7) is 1.94. The number of nitrogens with two attached hydrogens (primary N) is 1. The molecule has 1 unspecified atom stereocenters. The normalized spacial score (nSPS) is 17.2. The standard InChI is InChI=1S/C18H19N5OS/c19-14-5-7-23(11-14)18(24)15-2-4-17(22-21-15)20-10-12-1-3-16-13(9-12)6-8-25-16/h1-4,6,8-9,14H,5,7,10-11,19H2,(H,20,22). The highest BCUT2D eigenvalue weighted by molar-refractivity contribution is 7.17. The quantitative estimate of drug-likeness (QED) is 0.753. The van der Waals surface area contributed by atoms with E-state index in [-0.39, 0.29) is 11.9 Å². The molecule has 2 aromatic heterocycles. The molecule has 1 aliphatic rings. The van der Waals surface area contributed by atoms with Gasteiger partial charge in [0.05, 0.1) is 0 Å². The van der Waals surface area contributed by atoms with E-state index in [4.69, 9.17) is 5.73 Å². The summed E-state index contributed by atoms with van der Waals surface area (Å²) in [4.78, 5) is 14.1. The third-order valence-electron chi connectivity index (χ3n) is 4.39. The number of carbonyl (C=O) groups excluding carboxylic acids is 1. The van der Waals surface area contributed by atoms with Crippen LogP contribution in [0, 0.1) is 0 Å².